The van der Waals surface area contributed by atoms with Crippen molar-refractivity contribution in [1.29, 1.82) is 0 Å². The van der Waals surface area contributed by atoms with Crippen LogP contribution in [0, 0.1) is 17.8 Å². The molecule has 5 N–H and O–H groups in total. The lowest BCUT2D eigenvalue weighted by atomic mass is 9.67. The molecule has 9 rings (SSSR count). The summed E-state index contributed by atoms with van der Waals surface area (Å²) in [5, 5.41) is 48.0. The Morgan fingerprint density at radius 2 is 1.68 bits per heavy atom. The summed E-state index contributed by atoms with van der Waals surface area (Å²) >= 11 is 0. The lowest BCUT2D eigenvalue weighted by Crippen LogP contribution is -2.37. The van der Waals surface area contributed by atoms with Crippen LogP contribution in [0.2, 0.25) is 0 Å². The normalized spacial score (nSPS) is 21.7. The number of fused-ring (bicyclic) bond motifs is 8. The van der Waals surface area contributed by atoms with Gasteiger partial charge in [0.05, 0.1) is 12.0 Å². The third-order valence-corrected chi connectivity index (χ3v) is 13.9. The summed E-state index contributed by atoms with van der Waals surface area (Å²) in [7, 11) is 0. The van der Waals surface area contributed by atoms with Crippen LogP contribution in [0.5, 0.6) is 17.2 Å². The molecule has 63 heavy (non-hydrogen) atoms. The number of carbonyl (C=O) groups excluding carboxylic acids is 2. The zero-order chi connectivity index (χ0) is 43.5. The van der Waals surface area contributed by atoms with Gasteiger partial charge in [-0.3, -0.25) is 9.59 Å². The smallest absolute Gasteiger partial charge is 0.161 e. The molecule has 3 aromatic carbocycles. The largest absolute Gasteiger partial charge is 0.664 e. The lowest BCUT2D eigenvalue weighted by Gasteiger charge is -2.38. The molecule has 4 atom stereocenters. The Kier molecular flexibility index (Phi) is 12.7. The van der Waals surface area contributed by atoms with Gasteiger partial charge in [-0.2, -0.15) is 6.20 Å². The second-order valence-corrected chi connectivity index (χ2v) is 18.0. The number of H-pyrrole nitrogens is 1. The van der Waals surface area contributed by atoms with E-state index >= 15 is 4.79 Å². The standard InChI is InChI=1S/C53H57N3O7/c57-22-18-35-12-9-33-24-38(35)29-37-16-20-55-53(37)56-31-40-30-46-43(17-21-54-46)45(27-32-8-13-36-4-3-7-47(59)42(36)14-10-32)50(40)52(62)44(19-23-58)48(60)15-11-34-26-39(25-33)51(61)49(28-34)63-41-5-1-2-6-41/h3-4,7,9-10,12,14,16-17,20-21,24,26,28,30,32,41,44-45,50,55,57-59,61H,1-2,5-6,8,11,13,15,18-19,22-23,25,27,29,31H2/q-2. The Bertz CT molecular complexity index is 2520. The number of aryl methyl sites for hydroxylation is 2. The van der Waals surface area contributed by atoms with Crippen molar-refractivity contribution >= 4 is 29.5 Å². The third-order valence-electron chi connectivity index (χ3n) is 13.9. The van der Waals surface area contributed by atoms with Gasteiger partial charge in [0.15, 0.2) is 17.3 Å². The highest BCUT2D eigenvalue weighted by atomic mass is 16.5. The summed E-state index contributed by atoms with van der Waals surface area (Å²) in [6.45, 7) is -0.110. The number of phenols is 2. The minimum absolute atomic E-state index is 0.00591. The number of benzene rings is 3. The average molecular weight is 848 g/mol. The summed E-state index contributed by atoms with van der Waals surface area (Å²) in [6.07, 6.45) is 17.9. The fraction of sp³-hybridized carbons (Fsp3) is 0.396. The van der Waals surface area contributed by atoms with Crippen LogP contribution >= 0.6 is 0 Å². The van der Waals surface area contributed by atoms with Crippen LogP contribution in [0.15, 0.2) is 84.7 Å². The summed E-state index contributed by atoms with van der Waals surface area (Å²) in [4.78, 5) is 38.0. The predicted octanol–water partition coefficient (Wildman–Crippen LogP) is 8.97. The fourth-order valence-corrected chi connectivity index (χ4v) is 10.6. The van der Waals surface area contributed by atoms with Gasteiger partial charge in [-0.1, -0.05) is 89.9 Å². The van der Waals surface area contributed by atoms with Crippen LogP contribution in [0.1, 0.15) is 113 Å². The molecule has 4 aliphatic rings. The van der Waals surface area contributed by atoms with E-state index in [9.17, 15) is 25.2 Å². The maximum atomic E-state index is 15.4. The molecular formula is C53H57N3O7-2. The molecular weight excluding hydrogens is 791 g/mol. The van der Waals surface area contributed by atoms with Crippen molar-refractivity contribution in [1.82, 2.24) is 9.97 Å². The summed E-state index contributed by atoms with van der Waals surface area (Å²) in [5.74, 6) is -0.967. The van der Waals surface area contributed by atoms with E-state index in [4.69, 9.17) is 15.0 Å². The molecule has 2 aromatic heterocycles. The Morgan fingerprint density at radius 3 is 2.52 bits per heavy atom. The number of aromatic nitrogens is 2. The highest BCUT2D eigenvalue weighted by Crippen LogP contribution is 2.47. The molecule has 1 fully saturated rings. The molecule has 4 bridgehead atoms. The minimum atomic E-state index is -1.04. The zero-order valence-corrected chi connectivity index (χ0v) is 35.8. The van der Waals surface area contributed by atoms with Crippen LogP contribution in [0.25, 0.3) is 17.5 Å². The molecule has 0 saturated heterocycles. The van der Waals surface area contributed by atoms with Crippen molar-refractivity contribution in [2.45, 2.75) is 95.5 Å². The van der Waals surface area contributed by atoms with E-state index in [-0.39, 0.29) is 73.6 Å². The number of allylic oxidation sites excluding steroid dienone is 1. The predicted molar refractivity (Wildman–Crippen MR) is 244 cm³/mol. The number of ketones is 2. The van der Waals surface area contributed by atoms with Crippen molar-refractivity contribution in [3.63, 3.8) is 0 Å². The Morgan fingerprint density at radius 1 is 0.825 bits per heavy atom. The van der Waals surface area contributed by atoms with E-state index in [1.807, 2.05) is 60.8 Å². The minimum Gasteiger partial charge on any atom is -0.664 e. The molecule has 5 aromatic rings. The second-order valence-electron chi connectivity index (χ2n) is 18.0. The fourth-order valence-electron chi connectivity index (χ4n) is 10.6. The summed E-state index contributed by atoms with van der Waals surface area (Å²) < 4.78 is 6.45. The van der Waals surface area contributed by atoms with Crippen molar-refractivity contribution < 1.29 is 34.8 Å². The first kappa shape index (κ1) is 42.5. The SMILES string of the molecule is O=C1CCc2cc(c(O)c(OC3CCCC3)c2)Cc2ccc(CCO)c(c2)Cc2cc[nH]c2[N-]CC2=Cc3[n-]ccc3C(CC3C=Cc4c(O)cccc4CC3)C2C(=O)C1CCO. The maximum absolute atomic E-state index is 15.4. The molecule has 328 valence electrons. The van der Waals surface area contributed by atoms with E-state index in [1.165, 1.54) is 0 Å². The Balaban J connectivity index is 1.11. The number of hydrogen-bond acceptors (Lipinski definition) is 7. The summed E-state index contributed by atoms with van der Waals surface area (Å²) in [5.41, 5.74) is 10.0. The second kappa shape index (κ2) is 18.9. The molecule has 10 heteroatoms. The van der Waals surface area contributed by atoms with Crippen LogP contribution in [0.3, 0.4) is 0 Å². The van der Waals surface area contributed by atoms with Crippen LogP contribution in [0.4, 0.5) is 5.82 Å². The zero-order valence-electron chi connectivity index (χ0n) is 35.8. The molecule has 0 amide bonds. The van der Waals surface area contributed by atoms with Crippen molar-refractivity contribution in [3.05, 3.63) is 146 Å². The van der Waals surface area contributed by atoms with E-state index in [2.05, 4.69) is 23.2 Å². The van der Waals surface area contributed by atoms with Gasteiger partial charge in [0.1, 0.15) is 11.5 Å². The first-order valence-corrected chi connectivity index (χ1v) is 22.8. The summed E-state index contributed by atoms with van der Waals surface area (Å²) in [6, 6.07) is 19.7. The number of nitrogens with one attached hydrogen (secondary N) is 1. The Labute approximate surface area is 369 Å². The molecule has 0 radical (unpaired) electrons. The van der Waals surface area contributed by atoms with Gasteiger partial charge in [0.2, 0.25) is 0 Å². The van der Waals surface area contributed by atoms with Crippen LogP contribution < -0.4 is 9.72 Å². The van der Waals surface area contributed by atoms with Gasteiger partial charge in [-0.15, -0.1) is 5.69 Å². The highest BCUT2D eigenvalue weighted by molar-refractivity contribution is 6.05. The quantitative estimate of drug-likeness (QED) is 0.0965. The van der Waals surface area contributed by atoms with E-state index in [1.54, 1.807) is 12.3 Å². The van der Waals surface area contributed by atoms with Gasteiger partial charge in [0, 0.05) is 43.1 Å². The van der Waals surface area contributed by atoms with Crippen molar-refractivity contribution in [3.8, 4) is 17.2 Å². The first-order valence-electron chi connectivity index (χ1n) is 22.8. The van der Waals surface area contributed by atoms with Gasteiger partial charge in [-0.05, 0) is 135 Å². The monoisotopic (exact) mass is 847 g/mol. The number of carbonyl (C=O) groups is 2. The van der Waals surface area contributed by atoms with Gasteiger partial charge >= 0.3 is 0 Å². The number of hydrogen-bond donors (Lipinski definition) is 5. The number of phenolic OH excluding ortho intramolecular Hbond substituents is 2. The number of rotatable bonds is 8. The number of ether oxygens (including phenoxy) is 1. The number of aromatic amines is 1. The van der Waals surface area contributed by atoms with Gasteiger partial charge < -0.3 is 40.4 Å². The molecule has 3 heterocycles. The molecule has 4 unspecified atom stereocenters. The van der Waals surface area contributed by atoms with Gasteiger partial charge in [-0.25, -0.2) is 0 Å². The van der Waals surface area contributed by atoms with E-state index < -0.39 is 11.8 Å². The first-order chi connectivity index (χ1) is 30.8. The number of nitrogens with zero attached hydrogens (tertiary/aromatic N) is 2. The number of aliphatic hydroxyl groups is 2. The van der Waals surface area contributed by atoms with Crippen molar-refractivity contribution in [2.75, 3.05) is 19.8 Å². The topological polar surface area (TPSA) is 168 Å². The van der Waals surface area contributed by atoms with Crippen LogP contribution in [-0.2, 0) is 41.7 Å². The molecule has 10 nitrogen and oxygen atoms in total. The lowest BCUT2D eigenvalue weighted by molar-refractivity contribution is -0.135. The Hall–Kier alpha value is -5.84. The molecule has 1 aliphatic heterocycles. The number of aliphatic hydroxyl groups excluding tert-OH is 2. The van der Waals surface area contributed by atoms with Crippen LogP contribution in [-0.4, -0.2) is 62.8 Å². The van der Waals surface area contributed by atoms with Gasteiger partial charge in [0.25, 0.3) is 0 Å². The average Bonchev–Trinajstić information content (AvgIpc) is 4.05. The molecule has 0 spiro atoms. The number of Topliss-reactive ketones (excluding diaryl/α,β-unsaturated/α-hetero) is 2. The van der Waals surface area contributed by atoms with E-state index in [0.29, 0.717) is 49.2 Å². The number of aromatic hydroxyl groups is 2. The van der Waals surface area contributed by atoms with E-state index in [0.717, 1.165) is 94.3 Å². The van der Waals surface area contributed by atoms with Crippen molar-refractivity contribution in [2.24, 2.45) is 17.8 Å². The third kappa shape index (κ3) is 9.15. The highest BCUT2D eigenvalue weighted by Gasteiger charge is 2.41. The molecule has 1 saturated carbocycles. The molecule has 3 aliphatic carbocycles. The maximum Gasteiger partial charge on any atom is 0.161 e.